The van der Waals surface area contributed by atoms with E-state index in [1.807, 2.05) is 32.0 Å². The van der Waals surface area contributed by atoms with Crippen molar-refractivity contribution in [3.63, 3.8) is 0 Å². The molecule has 176 valence electrons. The highest BCUT2D eigenvalue weighted by molar-refractivity contribution is 8.20. The monoisotopic (exact) mass is 474 g/mol. The van der Waals surface area contributed by atoms with Crippen molar-refractivity contribution >= 4 is 22.4 Å². The van der Waals surface area contributed by atoms with E-state index in [0.29, 0.717) is 0 Å². The van der Waals surface area contributed by atoms with Gasteiger partial charge < -0.3 is 14.2 Å². The molecule has 2 atom stereocenters. The van der Waals surface area contributed by atoms with Crippen molar-refractivity contribution in [1.29, 1.82) is 0 Å². The van der Waals surface area contributed by atoms with Crippen molar-refractivity contribution < 1.29 is 19.0 Å². The van der Waals surface area contributed by atoms with Crippen LogP contribution in [0.4, 0.5) is 0 Å². The van der Waals surface area contributed by atoms with Crippen LogP contribution in [0.15, 0.2) is 69.8 Å². The first-order chi connectivity index (χ1) is 16.4. The van der Waals surface area contributed by atoms with Crippen LogP contribution in [-0.4, -0.2) is 19.7 Å². The quantitative estimate of drug-likeness (QED) is 0.318. The minimum atomic E-state index is -0.518. The molecule has 2 unspecified atom stereocenters. The summed E-state index contributed by atoms with van der Waals surface area (Å²) in [6.07, 6.45) is 1.45. The Kier molecular flexibility index (Phi) is 6.13. The van der Waals surface area contributed by atoms with E-state index in [-0.39, 0.29) is 18.7 Å². The van der Waals surface area contributed by atoms with Crippen LogP contribution in [0.3, 0.4) is 0 Å². The van der Waals surface area contributed by atoms with Gasteiger partial charge in [0.05, 0.1) is 7.11 Å². The predicted molar refractivity (Wildman–Crippen MR) is 137 cm³/mol. The molecule has 0 amide bonds. The lowest BCUT2D eigenvalue weighted by Gasteiger charge is -2.20. The smallest absolute Gasteiger partial charge is 0.344 e. The number of aryl methyl sites for hydroxylation is 3. The highest BCUT2D eigenvalue weighted by atomic mass is 32.2. The van der Waals surface area contributed by atoms with Crippen molar-refractivity contribution in [1.82, 2.24) is 0 Å². The number of hydrogen-bond acceptors (Lipinski definition) is 4. The van der Waals surface area contributed by atoms with Gasteiger partial charge >= 0.3 is 5.97 Å². The molecule has 3 aromatic carbocycles. The molecule has 0 N–H and O–H groups in total. The van der Waals surface area contributed by atoms with Gasteiger partial charge in [-0.15, -0.1) is 0 Å². The highest BCUT2D eigenvalue weighted by Crippen LogP contribution is 2.55. The average Bonchev–Trinajstić information content (AvgIpc) is 3.39. The van der Waals surface area contributed by atoms with Crippen LogP contribution >= 0.6 is 10.9 Å². The Morgan fingerprint density at radius 3 is 2.56 bits per heavy atom. The van der Waals surface area contributed by atoms with Crippen molar-refractivity contribution in [2.45, 2.75) is 49.5 Å². The molecule has 4 nitrogen and oxygen atoms in total. The number of rotatable bonds is 6. The van der Waals surface area contributed by atoms with E-state index in [2.05, 4.69) is 48.7 Å². The fourth-order valence-electron chi connectivity index (χ4n) is 4.99. The first kappa shape index (κ1) is 22.6. The molecular formula is C29H30O4S. The highest BCUT2D eigenvalue weighted by Gasteiger charge is 2.27. The summed E-state index contributed by atoms with van der Waals surface area (Å²) in [5, 5.41) is 2.39. The van der Waals surface area contributed by atoms with E-state index < -0.39 is 10.9 Å². The van der Waals surface area contributed by atoms with Crippen LogP contribution in [0, 0.1) is 13.8 Å². The van der Waals surface area contributed by atoms with Crippen LogP contribution in [-0.2, 0) is 16.0 Å². The molecule has 2 aliphatic rings. The Morgan fingerprint density at radius 2 is 1.79 bits per heavy atom. The van der Waals surface area contributed by atoms with Gasteiger partial charge in [0.15, 0.2) is 6.61 Å². The fraction of sp³-hybridized carbons (Fsp3) is 0.276. The number of methoxy groups -OCH3 is 1. The molecule has 0 fully saturated rings. The van der Waals surface area contributed by atoms with Crippen LogP contribution < -0.4 is 9.47 Å². The lowest BCUT2D eigenvalue weighted by Crippen LogP contribution is -2.18. The third-order valence-electron chi connectivity index (χ3n) is 6.62. The average molecular weight is 475 g/mol. The van der Waals surface area contributed by atoms with E-state index in [9.17, 15) is 4.79 Å². The molecule has 1 heterocycles. The number of allylic oxidation sites excluding steroid dienone is 1. The minimum absolute atomic E-state index is 0.0976. The number of carbonyl (C=O) groups excluding carboxylic acids is 1. The molecule has 0 bridgehead atoms. The number of esters is 1. The largest absolute Gasteiger partial charge is 0.497 e. The zero-order valence-corrected chi connectivity index (χ0v) is 20.9. The topological polar surface area (TPSA) is 44.8 Å². The van der Waals surface area contributed by atoms with Crippen LogP contribution in [0.5, 0.6) is 11.5 Å². The second-order valence-electron chi connectivity index (χ2n) is 8.98. The van der Waals surface area contributed by atoms with Gasteiger partial charge in [-0.2, -0.15) is 10.9 Å². The third-order valence-corrected chi connectivity index (χ3v) is 8.98. The summed E-state index contributed by atoms with van der Waals surface area (Å²) in [5.74, 6) is 1.25. The summed E-state index contributed by atoms with van der Waals surface area (Å²) in [6.45, 7) is 6.18. The standard InChI is InChI=1S/C29H30O4S/c1-18-13-23(34-17-20(3)24-7-5-6-8-27(24)34)14-19(2)29(18)32-16-28(30)33-26-12-9-21-15-22(31-4)10-11-25(21)26/h5-8,10-11,13-15,17,26,34H,9,12,16H2,1-4H3. The maximum absolute atomic E-state index is 12.6. The number of carbonyl (C=O) groups is 1. The van der Waals surface area contributed by atoms with Gasteiger partial charge in [-0.25, -0.2) is 4.79 Å². The molecule has 1 aliphatic heterocycles. The Labute approximate surface area is 203 Å². The molecular weight excluding hydrogens is 444 g/mol. The van der Waals surface area contributed by atoms with Gasteiger partial charge in [0.25, 0.3) is 0 Å². The fourth-order valence-corrected chi connectivity index (χ4v) is 7.50. The summed E-state index contributed by atoms with van der Waals surface area (Å²) >= 11 is 0. The second kappa shape index (κ2) is 9.22. The Bertz CT molecular complexity index is 1270. The summed E-state index contributed by atoms with van der Waals surface area (Å²) in [5.41, 5.74) is 7.01. The second-order valence-corrected chi connectivity index (χ2v) is 11.0. The first-order valence-electron chi connectivity index (χ1n) is 11.6. The summed E-state index contributed by atoms with van der Waals surface area (Å²) in [6, 6.07) is 19.0. The number of hydrogen-bond donors (Lipinski definition) is 1. The number of thiol groups is 1. The predicted octanol–water partition coefficient (Wildman–Crippen LogP) is 6.72. The van der Waals surface area contributed by atoms with Gasteiger partial charge in [0.2, 0.25) is 0 Å². The van der Waals surface area contributed by atoms with Crippen LogP contribution in [0.2, 0.25) is 0 Å². The normalized spacial score (nSPS) is 19.2. The van der Waals surface area contributed by atoms with Gasteiger partial charge in [0.1, 0.15) is 17.6 Å². The zero-order chi connectivity index (χ0) is 23.8. The Morgan fingerprint density at radius 1 is 1.03 bits per heavy atom. The van der Waals surface area contributed by atoms with E-state index in [1.165, 1.54) is 26.5 Å². The van der Waals surface area contributed by atoms with Gasteiger partial charge in [-0.1, -0.05) is 24.3 Å². The molecule has 5 rings (SSSR count). The first-order valence-corrected chi connectivity index (χ1v) is 13.0. The summed E-state index contributed by atoms with van der Waals surface area (Å²) in [7, 11) is 1.14. The lowest BCUT2D eigenvalue weighted by molar-refractivity contribution is -0.151. The number of benzene rings is 3. The van der Waals surface area contributed by atoms with E-state index in [4.69, 9.17) is 14.2 Å². The Hall–Kier alpha value is -3.18. The molecule has 0 radical (unpaired) electrons. The third kappa shape index (κ3) is 4.21. The lowest BCUT2D eigenvalue weighted by atomic mass is 10.1. The Balaban J connectivity index is 1.26. The maximum atomic E-state index is 12.6. The zero-order valence-electron chi connectivity index (χ0n) is 20.1. The van der Waals surface area contributed by atoms with Crippen molar-refractivity contribution in [3.8, 4) is 11.5 Å². The summed E-state index contributed by atoms with van der Waals surface area (Å²) in [4.78, 5) is 15.3. The van der Waals surface area contributed by atoms with Crippen molar-refractivity contribution in [2.24, 2.45) is 0 Å². The van der Waals surface area contributed by atoms with E-state index >= 15 is 0 Å². The van der Waals surface area contributed by atoms with Gasteiger partial charge in [-0.3, -0.25) is 0 Å². The van der Waals surface area contributed by atoms with Crippen molar-refractivity contribution in [2.75, 3.05) is 13.7 Å². The number of fused-ring (bicyclic) bond motifs is 2. The molecule has 0 aromatic heterocycles. The van der Waals surface area contributed by atoms with E-state index in [0.717, 1.165) is 41.0 Å². The van der Waals surface area contributed by atoms with Crippen molar-refractivity contribution in [3.05, 3.63) is 87.8 Å². The molecule has 0 saturated carbocycles. The SMILES string of the molecule is COc1ccc2c(c1)CCC2OC(=O)COc1c(C)cc([SH]2C=C(C)c3ccccc32)cc1C. The van der Waals surface area contributed by atoms with Gasteiger partial charge in [0, 0.05) is 4.90 Å². The van der Waals surface area contributed by atoms with Crippen LogP contribution in [0.25, 0.3) is 5.57 Å². The maximum Gasteiger partial charge on any atom is 0.344 e. The molecule has 34 heavy (non-hydrogen) atoms. The molecule has 0 saturated heterocycles. The van der Waals surface area contributed by atoms with Gasteiger partial charge in [-0.05, 0) is 108 Å². The minimum Gasteiger partial charge on any atom is -0.497 e. The molecule has 3 aromatic rings. The molecule has 5 heteroatoms. The van der Waals surface area contributed by atoms with Crippen LogP contribution in [0.1, 0.15) is 47.3 Å². The summed E-state index contributed by atoms with van der Waals surface area (Å²) < 4.78 is 17.0. The molecule has 1 aliphatic carbocycles. The molecule has 0 spiro atoms. The van der Waals surface area contributed by atoms with E-state index in [1.54, 1.807) is 7.11 Å². The number of ether oxygens (including phenoxy) is 3.